The summed E-state index contributed by atoms with van der Waals surface area (Å²) in [6.07, 6.45) is 5.55. The van der Waals surface area contributed by atoms with Crippen molar-refractivity contribution < 1.29 is 9.53 Å². The van der Waals surface area contributed by atoms with Crippen molar-refractivity contribution in [1.82, 2.24) is 0 Å². The normalized spacial score (nSPS) is 22.0. The minimum absolute atomic E-state index is 0.103. The zero-order valence-corrected chi connectivity index (χ0v) is 12.1. The second-order valence-corrected chi connectivity index (χ2v) is 6.76. The van der Waals surface area contributed by atoms with E-state index in [0.29, 0.717) is 5.92 Å². The smallest absolute Gasteiger partial charge is 0.311 e. The molecule has 0 N–H and O–H groups in total. The highest BCUT2D eigenvalue weighted by atomic mass is 16.6. The summed E-state index contributed by atoms with van der Waals surface area (Å²) in [6, 6.07) is 0. The van der Waals surface area contributed by atoms with Crippen LogP contribution >= 0.6 is 0 Å². The standard InChI is InChI=1S/C15H26O2/c1-11-7-9-12(10-8-11)15(5,6)17-13(16)14(2,3)4/h7,12H,8-10H2,1-6H3. The number of esters is 1. The molecule has 0 bridgehead atoms. The lowest BCUT2D eigenvalue weighted by Gasteiger charge is -2.37. The monoisotopic (exact) mass is 238 g/mol. The molecule has 1 unspecified atom stereocenters. The molecule has 0 aromatic heterocycles. The van der Waals surface area contributed by atoms with Crippen molar-refractivity contribution in [2.45, 2.75) is 66.4 Å². The third kappa shape index (κ3) is 3.86. The molecule has 1 atom stereocenters. The first-order chi connectivity index (χ1) is 7.63. The Bertz CT molecular complexity index is 318. The molecule has 0 fully saturated rings. The molecule has 0 aromatic rings. The van der Waals surface area contributed by atoms with Gasteiger partial charge in [0, 0.05) is 5.92 Å². The van der Waals surface area contributed by atoms with Gasteiger partial charge in [0.05, 0.1) is 5.41 Å². The van der Waals surface area contributed by atoms with E-state index in [1.54, 1.807) is 0 Å². The van der Waals surface area contributed by atoms with Gasteiger partial charge < -0.3 is 4.74 Å². The zero-order valence-electron chi connectivity index (χ0n) is 12.1. The summed E-state index contributed by atoms with van der Waals surface area (Å²) < 4.78 is 5.71. The quantitative estimate of drug-likeness (QED) is 0.535. The zero-order chi connectivity index (χ0) is 13.3. The number of carbonyl (C=O) groups excluding carboxylic acids is 1. The Morgan fingerprint density at radius 3 is 2.29 bits per heavy atom. The highest BCUT2D eigenvalue weighted by Crippen LogP contribution is 2.35. The van der Waals surface area contributed by atoms with E-state index in [4.69, 9.17) is 4.74 Å². The number of hydrogen-bond acceptors (Lipinski definition) is 2. The first kappa shape index (κ1) is 14.3. The number of hydrogen-bond donors (Lipinski definition) is 0. The fourth-order valence-electron chi connectivity index (χ4n) is 2.07. The Morgan fingerprint density at radius 2 is 1.88 bits per heavy atom. The molecule has 0 saturated carbocycles. The van der Waals surface area contributed by atoms with E-state index in [1.165, 1.54) is 5.57 Å². The van der Waals surface area contributed by atoms with E-state index in [1.807, 2.05) is 34.6 Å². The second kappa shape index (κ2) is 4.83. The van der Waals surface area contributed by atoms with Crippen molar-refractivity contribution in [3.63, 3.8) is 0 Å². The summed E-state index contributed by atoms with van der Waals surface area (Å²) in [5, 5.41) is 0. The van der Waals surface area contributed by atoms with Gasteiger partial charge in [-0.25, -0.2) is 0 Å². The highest BCUT2D eigenvalue weighted by molar-refractivity contribution is 5.75. The molecular weight excluding hydrogens is 212 g/mol. The minimum Gasteiger partial charge on any atom is -0.459 e. The van der Waals surface area contributed by atoms with E-state index >= 15 is 0 Å². The van der Waals surface area contributed by atoms with Crippen LogP contribution in [0.1, 0.15) is 60.8 Å². The molecular formula is C15H26O2. The molecule has 1 aliphatic rings. The molecule has 1 rings (SSSR count). The van der Waals surface area contributed by atoms with Crippen LogP contribution in [0, 0.1) is 11.3 Å². The largest absolute Gasteiger partial charge is 0.459 e. The van der Waals surface area contributed by atoms with Crippen LogP contribution in [-0.2, 0) is 9.53 Å². The molecule has 0 heterocycles. The van der Waals surface area contributed by atoms with E-state index < -0.39 is 5.41 Å². The van der Waals surface area contributed by atoms with Gasteiger partial charge in [0.1, 0.15) is 5.60 Å². The van der Waals surface area contributed by atoms with E-state index in [-0.39, 0.29) is 11.6 Å². The third-order valence-electron chi connectivity index (χ3n) is 3.59. The van der Waals surface area contributed by atoms with Crippen LogP contribution in [0.15, 0.2) is 11.6 Å². The summed E-state index contributed by atoms with van der Waals surface area (Å²) in [6.45, 7) is 11.9. The van der Waals surface area contributed by atoms with Crippen LogP contribution in [0.25, 0.3) is 0 Å². The lowest BCUT2D eigenvalue weighted by atomic mass is 9.79. The van der Waals surface area contributed by atoms with Crippen LogP contribution in [0.5, 0.6) is 0 Å². The molecule has 2 nitrogen and oxygen atoms in total. The van der Waals surface area contributed by atoms with Gasteiger partial charge in [0.25, 0.3) is 0 Å². The number of rotatable bonds is 2. The minimum atomic E-state index is -0.419. The van der Waals surface area contributed by atoms with Crippen molar-refractivity contribution in [3.8, 4) is 0 Å². The first-order valence-corrected chi connectivity index (χ1v) is 6.52. The number of carbonyl (C=O) groups is 1. The maximum absolute atomic E-state index is 11.9. The van der Waals surface area contributed by atoms with E-state index in [0.717, 1.165) is 19.3 Å². The molecule has 2 heteroatoms. The van der Waals surface area contributed by atoms with Crippen LogP contribution in [-0.4, -0.2) is 11.6 Å². The maximum Gasteiger partial charge on any atom is 0.311 e. The Labute approximate surface area is 105 Å². The molecule has 0 radical (unpaired) electrons. The topological polar surface area (TPSA) is 26.3 Å². The highest BCUT2D eigenvalue weighted by Gasteiger charge is 2.36. The first-order valence-electron chi connectivity index (χ1n) is 6.52. The predicted molar refractivity (Wildman–Crippen MR) is 70.7 cm³/mol. The van der Waals surface area contributed by atoms with Crippen molar-refractivity contribution in [2.24, 2.45) is 11.3 Å². The van der Waals surface area contributed by atoms with Crippen molar-refractivity contribution in [2.75, 3.05) is 0 Å². The van der Waals surface area contributed by atoms with Crippen LogP contribution < -0.4 is 0 Å². The Morgan fingerprint density at radius 1 is 1.29 bits per heavy atom. The van der Waals surface area contributed by atoms with Crippen molar-refractivity contribution in [3.05, 3.63) is 11.6 Å². The Hall–Kier alpha value is -0.790. The van der Waals surface area contributed by atoms with Crippen molar-refractivity contribution in [1.29, 1.82) is 0 Å². The van der Waals surface area contributed by atoms with Gasteiger partial charge >= 0.3 is 5.97 Å². The molecule has 0 aromatic carbocycles. The van der Waals surface area contributed by atoms with Gasteiger partial charge in [0.15, 0.2) is 0 Å². The molecule has 0 aliphatic heterocycles. The van der Waals surface area contributed by atoms with E-state index in [9.17, 15) is 4.79 Å². The predicted octanol–water partition coefficient (Wildman–Crippen LogP) is 4.10. The fourth-order valence-corrected chi connectivity index (χ4v) is 2.07. The average molecular weight is 238 g/mol. The van der Waals surface area contributed by atoms with Gasteiger partial charge in [-0.2, -0.15) is 0 Å². The number of ether oxygens (including phenoxy) is 1. The molecule has 1 aliphatic carbocycles. The van der Waals surface area contributed by atoms with Crippen molar-refractivity contribution >= 4 is 5.97 Å². The lowest BCUT2D eigenvalue weighted by Crippen LogP contribution is -2.40. The molecule has 0 amide bonds. The molecule has 17 heavy (non-hydrogen) atoms. The van der Waals surface area contributed by atoms with Gasteiger partial charge in [0.2, 0.25) is 0 Å². The second-order valence-electron chi connectivity index (χ2n) is 6.76. The molecule has 0 saturated heterocycles. The summed E-state index contributed by atoms with van der Waals surface area (Å²) in [7, 11) is 0. The summed E-state index contributed by atoms with van der Waals surface area (Å²) in [5.41, 5.74) is 0.679. The van der Waals surface area contributed by atoms with Gasteiger partial charge in [-0.15, -0.1) is 0 Å². The fraction of sp³-hybridized carbons (Fsp3) is 0.800. The SMILES string of the molecule is CC1=CCC(C(C)(C)OC(=O)C(C)(C)C)CC1. The van der Waals surface area contributed by atoms with Crippen LogP contribution in [0.2, 0.25) is 0 Å². The average Bonchev–Trinajstić information content (AvgIpc) is 2.16. The molecule has 98 valence electrons. The van der Waals surface area contributed by atoms with Crippen LogP contribution in [0.3, 0.4) is 0 Å². The summed E-state index contributed by atoms with van der Waals surface area (Å²) >= 11 is 0. The summed E-state index contributed by atoms with van der Waals surface area (Å²) in [4.78, 5) is 11.9. The van der Waals surface area contributed by atoms with Gasteiger partial charge in [-0.3, -0.25) is 4.79 Å². The summed E-state index contributed by atoms with van der Waals surface area (Å²) in [5.74, 6) is 0.339. The Kier molecular flexibility index (Phi) is 4.06. The number of allylic oxidation sites excluding steroid dienone is 2. The van der Waals surface area contributed by atoms with Gasteiger partial charge in [-0.1, -0.05) is 11.6 Å². The van der Waals surface area contributed by atoms with Gasteiger partial charge in [-0.05, 0) is 60.8 Å². The van der Waals surface area contributed by atoms with Crippen LogP contribution in [0.4, 0.5) is 0 Å². The third-order valence-corrected chi connectivity index (χ3v) is 3.59. The molecule has 0 spiro atoms. The van der Waals surface area contributed by atoms with E-state index in [2.05, 4.69) is 13.0 Å². The Balaban J connectivity index is 2.66. The lowest BCUT2D eigenvalue weighted by molar-refractivity contribution is -0.171. The maximum atomic E-state index is 11.9.